The van der Waals surface area contributed by atoms with E-state index in [1.807, 2.05) is 30.3 Å². The first kappa shape index (κ1) is 15.7. The number of benzene rings is 1. The minimum absolute atomic E-state index is 0.274. The minimum Gasteiger partial charge on any atom is -0.468 e. The van der Waals surface area contributed by atoms with Gasteiger partial charge in [-0.05, 0) is 24.1 Å². The zero-order valence-corrected chi connectivity index (χ0v) is 12.5. The van der Waals surface area contributed by atoms with E-state index in [0.29, 0.717) is 12.1 Å². The highest BCUT2D eigenvalue weighted by molar-refractivity contribution is 5.92. The van der Waals surface area contributed by atoms with Gasteiger partial charge in [-0.1, -0.05) is 30.3 Å². The number of ether oxygens (including phenoxy) is 2. The Labute approximate surface area is 128 Å². The largest absolute Gasteiger partial charge is 0.468 e. The Balaban J connectivity index is 2.42. The molecule has 0 saturated heterocycles. The number of nitrogens with zero attached hydrogens (tertiary/aromatic N) is 1. The summed E-state index contributed by atoms with van der Waals surface area (Å²) in [5.41, 5.74) is 1.60. The number of pyridine rings is 1. The highest BCUT2D eigenvalue weighted by atomic mass is 16.5. The van der Waals surface area contributed by atoms with Gasteiger partial charge in [0.1, 0.15) is 5.92 Å². The molecule has 22 heavy (non-hydrogen) atoms. The number of rotatable bonds is 5. The molecule has 0 aliphatic rings. The predicted octanol–water partition coefficient (Wildman–Crippen LogP) is 2.37. The molecule has 114 valence electrons. The molecule has 1 aromatic carbocycles. The smallest absolute Gasteiger partial charge is 0.339 e. The number of methoxy groups -OCH3 is 2. The van der Waals surface area contributed by atoms with Gasteiger partial charge in [-0.3, -0.25) is 9.78 Å². The van der Waals surface area contributed by atoms with Gasteiger partial charge >= 0.3 is 11.9 Å². The van der Waals surface area contributed by atoms with Crippen LogP contribution in [0.4, 0.5) is 0 Å². The molecule has 1 heterocycles. The maximum atomic E-state index is 12.2. The van der Waals surface area contributed by atoms with Crippen molar-refractivity contribution in [2.24, 2.45) is 0 Å². The van der Waals surface area contributed by atoms with Crippen LogP contribution in [0.3, 0.4) is 0 Å². The molecule has 0 amide bonds. The van der Waals surface area contributed by atoms with Crippen molar-refractivity contribution in [3.8, 4) is 0 Å². The zero-order valence-electron chi connectivity index (χ0n) is 12.5. The molecule has 0 spiro atoms. The Morgan fingerprint density at radius 1 is 1.05 bits per heavy atom. The predicted molar refractivity (Wildman–Crippen MR) is 80.5 cm³/mol. The molecule has 2 aromatic rings. The molecule has 0 bridgehead atoms. The monoisotopic (exact) mass is 299 g/mol. The fraction of sp³-hybridized carbons (Fsp3) is 0.235. The fourth-order valence-corrected chi connectivity index (χ4v) is 2.26. The van der Waals surface area contributed by atoms with Crippen LogP contribution in [0.2, 0.25) is 0 Å². The lowest BCUT2D eigenvalue weighted by Gasteiger charge is -2.16. The average molecular weight is 299 g/mol. The van der Waals surface area contributed by atoms with Gasteiger partial charge in [0.15, 0.2) is 0 Å². The van der Waals surface area contributed by atoms with Gasteiger partial charge in [0.05, 0.1) is 25.5 Å². The lowest BCUT2D eigenvalue weighted by molar-refractivity contribution is -0.142. The van der Waals surface area contributed by atoms with Gasteiger partial charge in [0, 0.05) is 6.20 Å². The molecule has 0 N–H and O–H groups in total. The third-order valence-electron chi connectivity index (χ3n) is 3.34. The van der Waals surface area contributed by atoms with Crippen molar-refractivity contribution in [3.63, 3.8) is 0 Å². The Bertz CT molecular complexity index is 655. The third-order valence-corrected chi connectivity index (χ3v) is 3.34. The Kier molecular flexibility index (Phi) is 5.25. The second kappa shape index (κ2) is 7.36. The molecule has 0 fully saturated rings. The van der Waals surface area contributed by atoms with Crippen LogP contribution in [-0.4, -0.2) is 31.1 Å². The van der Waals surface area contributed by atoms with Crippen molar-refractivity contribution >= 4 is 11.9 Å². The number of carbonyl (C=O) groups excluding carboxylic acids is 2. The number of hydrogen-bond acceptors (Lipinski definition) is 5. The summed E-state index contributed by atoms with van der Waals surface area (Å²) in [4.78, 5) is 28.3. The molecule has 0 aliphatic heterocycles. The normalized spacial score (nSPS) is 11.5. The van der Waals surface area contributed by atoms with Crippen LogP contribution in [0.15, 0.2) is 48.7 Å². The summed E-state index contributed by atoms with van der Waals surface area (Å²) >= 11 is 0. The first-order valence-electron chi connectivity index (χ1n) is 6.82. The molecular formula is C17H17NO4. The van der Waals surface area contributed by atoms with E-state index in [1.165, 1.54) is 14.2 Å². The van der Waals surface area contributed by atoms with Crippen LogP contribution in [0.5, 0.6) is 0 Å². The molecule has 1 atom stereocenters. The van der Waals surface area contributed by atoms with Crippen LogP contribution >= 0.6 is 0 Å². The maximum absolute atomic E-state index is 12.2. The highest BCUT2D eigenvalue weighted by Gasteiger charge is 2.28. The maximum Gasteiger partial charge on any atom is 0.339 e. The van der Waals surface area contributed by atoms with Crippen LogP contribution in [0.25, 0.3) is 0 Å². The van der Waals surface area contributed by atoms with Gasteiger partial charge in [0.25, 0.3) is 0 Å². The van der Waals surface area contributed by atoms with Gasteiger partial charge in [-0.25, -0.2) is 4.79 Å². The number of esters is 2. The second-order valence-corrected chi connectivity index (χ2v) is 4.69. The summed E-state index contributed by atoms with van der Waals surface area (Å²) < 4.78 is 9.64. The Morgan fingerprint density at radius 3 is 2.41 bits per heavy atom. The molecular weight excluding hydrogens is 282 g/mol. The van der Waals surface area contributed by atoms with E-state index in [0.717, 1.165) is 5.56 Å². The van der Waals surface area contributed by atoms with E-state index in [2.05, 4.69) is 4.98 Å². The molecule has 2 rings (SSSR count). The van der Waals surface area contributed by atoms with Gasteiger partial charge in [-0.2, -0.15) is 0 Å². The Morgan fingerprint density at radius 2 is 1.77 bits per heavy atom. The Hall–Kier alpha value is -2.69. The first-order valence-corrected chi connectivity index (χ1v) is 6.82. The van der Waals surface area contributed by atoms with Crippen molar-refractivity contribution in [2.45, 2.75) is 12.3 Å². The number of aromatic nitrogens is 1. The quantitative estimate of drug-likeness (QED) is 0.793. The second-order valence-electron chi connectivity index (χ2n) is 4.69. The van der Waals surface area contributed by atoms with Crippen molar-refractivity contribution in [3.05, 3.63) is 65.5 Å². The lowest BCUT2D eigenvalue weighted by atomic mass is 9.93. The number of carbonyl (C=O) groups is 2. The summed E-state index contributed by atoms with van der Waals surface area (Å²) in [5, 5.41) is 0. The van der Waals surface area contributed by atoms with E-state index < -0.39 is 17.9 Å². The molecule has 5 heteroatoms. The van der Waals surface area contributed by atoms with Crippen LogP contribution in [0.1, 0.15) is 27.5 Å². The van der Waals surface area contributed by atoms with Gasteiger partial charge < -0.3 is 9.47 Å². The van der Waals surface area contributed by atoms with Crippen molar-refractivity contribution in [1.82, 2.24) is 4.98 Å². The van der Waals surface area contributed by atoms with E-state index in [4.69, 9.17) is 9.47 Å². The van der Waals surface area contributed by atoms with E-state index in [1.54, 1.807) is 18.3 Å². The molecule has 0 saturated carbocycles. The zero-order chi connectivity index (χ0) is 15.9. The summed E-state index contributed by atoms with van der Waals surface area (Å²) in [5.74, 6) is -1.62. The third kappa shape index (κ3) is 3.49. The van der Waals surface area contributed by atoms with E-state index in [9.17, 15) is 9.59 Å². The summed E-state index contributed by atoms with van der Waals surface area (Å²) in [6.45, 7) is 0. The summed E-state index contributed by atoms with van der Waals surface area (Å²) in [6, 6.07) is 12.7. The SMILES string of the molecule is COC(=O)c1cccnc1C(Cc1ccccc1)C(=O)OC. The number of hydrogen-bond donors (Lipinski definition) is 0. The van der Waals surface area contributed by atoms with E-state index >= 15 is 0 Å². The molecule has 0 radical (unpaired) electrons. The molecule has 1 unspecified atom stereocenters. The minimum atomic E-state index is -0.664. The highest BCUT2D eigenvalue weighted by Crippen LogP contribution is 2.24. The van der Waals surface area contributed by atoms with Gasteiger partial charge in [0.2, 0.25) is 0 Å². The van der Waals surface area contributed by atoms with Crippen molar-refractivity contribution < 1.29 is 19.1 Å². The first-order chi connectivity index (χ1) is 10.7. The average Bonchev–Trinajstić information content (AvgIpc) is 2.59. The summed E-state index contributed by atoms with van der Waals surface area (Å²) in [6.07, 6.45) is 1.94. The van der Waals surface area contributed by atoms with Gasteiger partial charge in [-0.15, -0.1) is 0 Å². The molecule has 0 aliphatic carbocycles. The molecule has 1 aromatic heterocycles. The van der Waals surface area contributed by atoms with Crippen LogP contribution in [-0.2, 0) is 20.7 Å². The topological polar surface area (TPSA) is 65.5 Å². The van der Waals surface area contributed by atoms with Crippen molar-refractivity contribution in [2.75, 3.05) is 14.2 Å². The lowest BCUT2D eigenvalue weighted by Crippen LogP contribution is -2.21. The van der Waals surface area contributed by atoms with Crippen LogP contribution in [0, 0.1) is 0 Å². The van der Waals surface area contributed by atoms with Crippen LogP contribution < -0.4 is 0 Å². The standard InChI is InChI=1S/C17H17NO4/c1-21-16(19)13-9-6-10-18-15(13)14(17(20)22-2)11-12-7-4-3-5-8-12/h3-10,14H,11H2,1-2H3. The summed E-state index contributed by atoms with van der Waals surface area (Å²) in [7, 11) is 2.62. The molecule has 5 nitrogen and oxygen atoms in total. The van der Waals surface area contributed by atoms with Crippen molar-refractivity contribution in [1.29, 1.82) is 0 Å². The van der Waals surface area contributed by atoms with E-state index in [-0.39, 0.29) is 5.56 Å². The fourth-order valence-electron chi connectivity index (χ4n) is 2.26.